The molecule has 0 aliphatic carbocycles. The minimum Gasteiger partial charge on any atom is -0.450 e. The number of alkyl carbamates (subject to hydrolysis) is 1. The monoisotopic (exact) mass is 367 g/mol. The molecule has 0 aromatic rings. The van der Waals surface area contributed by atoms with Crippen LogP contribution in [0.25, 0.3) is 0 Å². The number of carbonyl (C=O) groups excluding carboxylic acids is 1. The molecule has 1 saturated heterocycles. The zero-order valence-corrected chi connectivity index (χ0v) is 16.7. The lowest BCUT2D eigenvalue weighted by atomic mass is 9.93. The number of nitrogens with one attached hydrogen (secondary N) is 1. The number of hydrogen-bond donors (Lipinski definition) is 1. The fourth-order valence-corrected chi connectivity index (χ4v) is 3.58. The van der Waals surface area contributed by atoms with Crippen LogP contribution in [0.2, 0.25) is 25.7 Å². The molecule has 1 aliphatic heterocycles. The highest BCUT2D eigenvalue weighted by molar-refractivity contribution is 7.86. The van der Waals surface area contributed by atoms with Gasteiger partial charge in [-0.2, -0.15) is 8.42 Å². The van der Waals surface area contributed by atoms with Gasteiger partial charge in [-0.05, 0) is 19.9 Å². The summed E-state index contributed by atoms with van der Waals surface area (Å²) in [5, 5.41) is 2.66. The normalized spacial score (nSPS) is 25.0. The zero-order chi connectivity index (χ0) is 17.9. The molecule has 0 bridgehead atoms. The third-order valence-electron chi connectivity index (χ3n) is 3.48. The van der Waals surface area contributed by atoms with Crippen LogP contribution in [0.4, 0.5) is 4.79 Å². The van der Waals surface area contributed by atoms with Crippen molar-refractivity contribution in [2.24, 2.45) is 0 Å². The quantitative estimate of drug-likeness (QED) is 0.570. The lowest BCUT2D eigenvalue weighted by molar-refractivity contribution is -0.104. The maximum Gasteiger partial charge on any atom is 0.407 e. The van der Waals surface area contributed by atoms with E-state index in [1.807, 2.05) is 13.8 Å². The zero-order valence-electron chi connectivity index (χ0n) is 14.8. The van der Waals surface area contributed by atoms with E-state index in [9.17, 15) is 13.2 Å². The number of ether oxygens (including phenoxy) is 2. The molecule has 1 heterocycles. The van der Waals surface area contributed by atoms with E-state index in [0.29, 0.717) is 13.0 Å². The molecule has 0 aromatic heterocycles. The maximum absolute atomic E-state index is 11.9. The summed E-state index contributed by atoms with van der Waals surface area (Å²) in [6.07, 6.45) is 0.121. The van der Waals surface area contributed by atoms with E-state index in [-0.39, 0.29) is 6.61 Å². The van der Waals surface area contributed by atoms with Crippen molar-refractivity contribution in [3.05, 3.63) is 0 Å². The molecular formula is C14H29NO6SSi. The van der Waals surface area contributed by atoms with Gasteiger partial charge in [-0.15, -0.1) is 0 Å². The molecular weight excluding hydrogens is 338 g/mol. The summed E-state index contributed by atoms with van der Waals surface area (Å²) in [5.74, 6) is 0. The van der Waals surface area contributed by atoms with Crippen molar-refractivity contribution in [2.75, 3.05) is 19.5 Å². The fourth-order valence-electron chi connectivity index (χ4n) is 2.21. The second-order valence-corrected chi connectivity index (χ2v) is 15.0. The first-order valence-electron chi connectivity index (χ1n) is 7.73. The summed E-state index contributed by atoms with van der Waals surface area (Å²) in [7, 11) is -4.90. The van der Waals surface area contributed by atoms with Crippen molar-refractivity contribution in [3.8, 4) is 0 Å². The molecule has 7 nitrogen and oxygen atoms in total. The van der Waals surface area contributed by atoms with Crippen LogP contribution in [0, 0.1) is 0 Å². The van der Waals surface area contributed by atoms with Crippen LogP contribution in [0.5, 0.6) is 0 Å². The van der Waals surface area contributed by atoms with Gasteiger partial charge in [0.1, 0.15) is 6.10 Å². The molecule has 1 fully saturated rings. The van der Waals surface area contributed by atoms with E-state index in [4.69, 9.17) is 13.7 Å². The van der Waals surface area contributed by atoms with E-state index >= 15 is 0 Å². The second-order valence-electron chi connectivity index (χ2n) is 7.81. The first-order chi connectivity index (χ1) is 10.3. The molecule has 0 spiro atoms. The van der Waals surface area contributed by atoms with Crippen LogP contribution in [-0.2, 0) is 23.8 Å². The van der Waals surface area contributed by atoms with Gasteiger partial charge >= 0.3 is 6.09 Å². The van der Waals surface area contributed by atoms with E-state index in [2.05, 4.69) is 25.0 Å². The minimum atomic E-state index is -3.62. The van der Waals surface area contributed by atoms with Gasteiger partial charge in [0.2, 0.25) is 0 Å². The Kier molecular flexibility index (Phi) is 6.65. The molecule has 1 N–H and O–H groups in total. The fraction of sp³-hybridized carbons (Fsp3) is 0.929. The minimum absolute atomic E-state index is 0.177. The van der Waals surface area contributed by atoms with Crippen molar-refractivity contribution >= 4 is 24.3 Å². The average molecular weight is 368 g/mol. The predicted octanol–water partition coefficient (Wildman–Crippen LogP) is 1.96. The Morgan fingerprint density at radius 1 is 1.35 bits per heavy atom. The van der Waals surface area contributed by atoms with Gasteiger partial charge in [-0.25, -0.2) is 4.79 Å². The van der Waals surface area contributed by atoms with Crippen LogP contribution in [0.1, 0.15) is 20.3 Å². The van der Waals surface area contributed by atoms with Crippen LogP contribution >= 0.6 is 0 Å². The van der Waals surface area contributed by atoms with Gasteiger partial charge in [0.25, 0.3) is 10.1 Å². The Bertz CT molecular complexity index is 514. The number of carbonyl (C=O) groups is 1. The average Bonchev–Trinajstić information content (AvgIpc) is 2.28. The molecule has 0 radical (unpaired) electrons. The van der Waals surface area contributed by atoms with Gasteiger partial charge < -0.3 is 14.8 Å². The standard InChI is InChI=1S/C14H29NO6SSi/c1-14(2)9-12(21-22(3,17)18)11(10-20-14)15-13(16)19-7-8-23(4,5)6/h11-12H,7-10H2,1-6H3,(H,15,16)/t11-,12+/m1/s1. The van der Waals surface area contributed by atoms with Crippen molar-refractivity contribution in [3.63, 3.8) is 0 Å². The second kappa shape index (κ2) is 7.50. The largest absolute Gasteiger partial charge is 0.450 e. The van der Waals surface area contributed by atoms with E-state index in [0.717, 1.165) is 12.3 Å². The molecule has 0 saturated carbocycles. The number of amides is 1. The molecule has 1 amide bonds. The van der Waals surface area contributed by atoms with Gasteiger partial charge in [0.15, 0.2) is 0 Å². The van der Waals surface area contributed by atoms with Gasteiger partial charge in [-0.3, -0.25) is 4.18 Å². The van der Waals surface area contributed by atoms with Crippen molar-refractivity contribution in [1.82, 2.24) is 5.32 Å². The van der Waals surface area contributed by atoms with Crippen LogP contribution in [-0.4, -0.2) is 59.8 Å². The van der Waals surface area contributed by atoms with Crippen LogP contribution in [0.3, 0.4) is 0 Å². The summed E-state index contributed by atoms with van der Waals surface area (Å²) >= 11 is 0. The van der Waals surface area contributed by atoms with Crippen LogP contribution in [0.15, 0.2) is 0 Å². The third-order valence-corrected chi connectivity index (χ3v) is 5.78. The van der Waals surface area contributed by atoms with Gasteiger partial charge in [0.05, 0.1) is 31.1 Å². The summed E-state index contributed by atoms with van der Waals surface area (Å²) < 4.78 is 38.8. The molecule has 23 heavy (non-hydrogen) atoms. The third kappa shape index (κ3) is 8.68. The smallest absolute Gasteiger partial charge is 0.407 e. The first kappa shape index (κ1) is 20.4. The van der Waals surface area contributed by atoms with Crippen molar-refractivity contribution in [2.45, 2.75) is 63.7 Å². The lowest BCUT2D eigenvalue weighted by Gasteiger charge is -2.39. The number of hydrogen-bond acceptors (Lipinski definition) is 6. The van der Waals surface area contributed by atoms with Gasteiger partial charge in [0, 0.05) is 14.5 Å². The topological polar surface area (TPSA) is 90.9 Å². The molecule has 0 aromatic carbocycles. The highest BCUT2D eigenvalue weighted by Gasteiger charge is 2.39. The van der Waals surface area contributed by atoms with Crippen molar-refractivity contribution < 1.29 is 26.9 Å². The van der Waals surface area contributed by atoms with E-state index < -0.39 is 42.0 Å². The Labute approximate surface area is 140 Å². The summed E-state index contributed by atoms with van der Waals surface area (Å²) in [4.78, 5) is 11.9. The maximum atomic E-state index is 11.9. The first-order valence-corrected chi connectivity index (χ1v) is 13.3. The molecule has 136 valence electrons. The van der Waals surface area contributed by atoms with Crippen LogP contribution < -0.4 is 5.32 Å². The molecule has 0 unspecified atom stereocenters. The Hall–Kier alpha value is -0.643. The molecule has 9 heteroatoms. The highest BCUT2D eigenvalue weighted by Crippen LogP contribution is 2.27. The number of rotatable bonds is 6. The predicted molar refractivity (Wildman–Crippen MR) is 90.8 cm³/mol. The van der Waals surface area contributed by atoms with Gasteiger partial charge in [-0.1, -0.05) is 19.6 Å². The summed E-state index contributed by atoms with van der Waals surface area (Å²) in [5.41, 5.74) is -0.505. The highest BCUT2D eigenvalue weighted by atomic mass is 32.2. The van der Waals surface area contributed by atoms with E-state index in [1.54, 1.807) is 0 Å². The Balaban J connectivity index is 2.59. The van der Waals surface area contributed by atoms with E-state index in [1.165, 1.54) is 0 Å². The Morgan fingerprint density at radius 2 is 1.96 bits per heavy atom. The Morgan fingerprint density at radius 3 is 2.48 bits per heavy atom. The summed E-state index contributed by atoms with van der Waals surface area (Å²) in [6, 6.07) is 0.315. The molecule has 2 atom stereocenters. The summed E-state index contributed by atoms with van der Waals surface area (Å²) in [6.45, 7) is 10.8. The van der Waals surface area contributed by atoms with Crippen molar-refractivity contribution in [1.29, 1.82) is 0 Å². The lowest BCUT2D eigenvalue weighted by Crippen LogP contribution is -2.55. The SMILES string of the molecule is CC1(C)C[C@H](OS(C)(=O)=O)[C@H](NC(=O)OCC[Si](C)(C)C)CO1. The molecule has 1 rings (SSSR count). The molecule has 1 aliphatic rings.